The van der Waals surface area contributed by atoms with Crippen molar-refractivity contribution >= 4 is 45.2 Å². The van der Waals surface area contributed by atoms with Crippen molar-refractivity contribution in [1.29, 1.82) is 0 Å². The van der Waals surface area contributed by atoms with E-state index in [-0.39, 0.29) is 11.4 Å². The minimum absolute atomic E-state index is 0.115. The molecule has 0 amide bonds. The summed E-state index contributed by atoms with van der Waals surface area (Å²) in [6.45, 7) is 0. The van der Waals surface area contributed by atoms with Crippen LogP contribution in [-0.4, -0.2) is 25.8 Å². The number of hydrogen-bond acceptors (Lipinski definition) is 4. The third-order valence-electron chi connectivity index (χ3n) is 3.15. The van der Waals surface area contributed by atoms with Crippen LogP contribution in [0.5, 0.6) is 0 Å². The number of rotatable bonds is 3. The lowest BCUT2D eigenvalue weighted by molar-refractivity contribution is -0.384. The fourth-order valence-electron chi connectivity index (χ4n) is 2.15. The van der Waals surface area contributed by atoms with Crippen molar-refractivity contribution in [3.8, 4) is 5.69 Å². The van der Waals surface area contributed by atoms with Gasteiger partial charge in [-0.1, -0.05) is 0 Å². The molecule has 0 saturated carbocycles. The van der Waals surface area contributed by atoms with Crippen LogP contribution in [0.2, 0.25) is 0 Å². The molecule has 1 aromatic heterocycles. The molecule has 1 N–H and O–H groups in total. The van der Waals surface area contributed by atoms with Gasteiger partial charge in [-0.05, 0) is 52.9 Å². The van der Waals surface area contributed by atoms with Crippen molar-refractivity contribution in [2.75, 3.05) is 0 Å². The molecule has 0 aliphatic heterocycles. The number of carboxylic acids is 1. The Balaban J connectivity index is 2.32. The largest absolute Gasteiger partial charge is 0.476 e. The Morgan fingerprint density at radius 1 is 1.23 bits per heavy atom. The Kier molecular flexibility index (Phi) is 3.53. The molecule has 0 saturated heterocycles. The third-order valence-corrected chi connectivity index (χ3v) is 3.87. The Bertz CT molecular complexity index is 902. The number of benzene rings is 2. The van der Waals surface area contributed by atoms with Crippen LogP contribution in [0.15, 0.2) is 42.5 Å². The maximum Gasteiger partial charge on any atom is 0.357 e. The number of fused-ring (bicyclic) bond motifs is 1. The molecule has 0 unspecified atom stereocenters. The highest BCUT2D eigenvalue weighted by atomic mass is 127. The van der Waals surface area contributed by atoms with E-state index in [2.05, 4.69) is 27.7 Å². The SMILES string of the molecule is O=C(O)c1nn(-c2ccc(I)cc2)c2cc([N+](=O)[O-])ccc12. The summed E-state index contributed by atoms with van der Waals surface area (Å²) in [6, 6.07) is 11.3. The number of aromatic nitrogens is 2. The van der Waals surface area contributed by atoms with Crippen LogP contribution in [0.1, 0.15) is 10.5 Å². The van der Waals surface area contributed by atoms with E-state index in [0.717, 1.165) is 3.57 Å². The molecule has 0 aliphatic carbocycles. The predicted octanol–water partition coefficient (Wildman–Crippen LogP) is 3.24. The summed E-state index contributed by atoms with van der Waals surface area (Å²) in [7, 11) is 0. The molecule has 22 heavy (non-hydrogen) atoms. The Morgan fingerprint density at radius 2 is 1.91 bits per heavy atom. The molecule has 0 bridgehead atoms. The third kappa shape index (κ3) is 2.41. The first-order valence-electron chi connectivity index (χ1n) is 6.14. The van der Waals surface area contributed by atoms with Crippen molar-refractivity contribution in [1.82, 2.24) is 9.78 Å². The van der Waals surface area contributed by atoms with E-state index < -0.39 is 10.9 Å². The fraction of sp³-hybridized carbons (Fsp3) is 0. The van der Waals surface area contributed by atoms with Gasteiger partial charge in [0.15, 0.2) is 5.69 Å². The summed E-state index contributed by atoms with van der Waals surface area (Å²) >= 11 is 2.15. The number of hydrogen-bond donors (Lipinski definition) is 1. The molecule has 3 aromatic rings. The first kappa shape index (κ1) is 14.4. The molecule has 0 fully saturated rings. The number of aromatic carboxylic acids is 1. The first-order chi connectivity index (χ1) is 10.5. The zero-order valence-corrected chi connectivity index (χ0v) is 13.1. The number of non-ortho nitro benzene ring substituents is 1. The van der Waals surface area contributed by atoms with Gasteiger partial charge in [0.05, 0.1) is 16.1 Å². The molecule has 3 rings (SSSR count). The predicted molar refractivity (Wildman–Crippen MR) is 87.4 cm³/mol. The highest BCUT2D eigenvalue weighted by molar-refractivity contribution is 14.1. The van der Waals surface area contributed by atoms with Crippen molar-refractivity contribution in [2.45, 2.75) is 0 Å². The minimum Gasteiger partial charge on any atom is -0.476 e. The maximum atomic E-state index is 11.3. The topological polar surface area (TPSA) is 98.3 Å². The first-order valence-corrected chi connectivity index (χ1v) is 7.21. The average Bonchev–Trinajstić information content (AvgIpc) is 2.87. The van der Waals surface area contributed by atoms with Gasteiger partial charge in [0, 0.05) is 21.1 Å². The molecular formula is C14H8IN3O4. The van der Waals surface area contributed by atoms with Gasteiger partial charge in [-0.2, -0.15) is 5.10 Å². The molecule has 0 aliphatic rings. The van der Waals surface area contributed by atoms with Crippen LogP contribution in [0.3, 0.4) is 0 Å². The number of halogens is 1. The zero-order chi connectivity index (χ0) is 15.9. The summed E-state index contributed by atoms with van der Waals surface area (Å²) in [4.78, 5) is 21.7. The number of nitro groups is 1. The quantitative estimate of drug-likeness (QED) is 0.407. The Hall–Kier alpha value is -2.49. The summed E-state index contributed by atoms with van der Waals surface area (Å²) in [5.41, 5.74) is 0.769. The van der Waals surface area contributed by atoms with Gasteiger partial charge in [-0.3, -0.25) is 10.1 Å². The van der Waals surface area contributed by atoms with Gasteiger partial charge in [-0.25, -0.2) is 9.48 Å². The number of carboxylic acid groups (broad SMARTS) is 1. The fourth-order valence-corrected chi connectivity index (χ4v) is 2.51. The standard InChI is InChI=1S/C14H8IN3O4/c15-8-1-3-9(4-2-8)17-12-7-10(18(21)22)5-6-11(12)13(16-17)14(19)20/h1-7H,(H,19,20). The monoisotopic (exact) mass is 409 g/mol. The minimum atomic E-state index is -1.18. The van der Waals surface area contributed by atoms with Crippen LogP contribution in [-0.2, 0) is 0 Å². The van der Waals surface area contributed by atoms with Gasteiger partial charge in [-0.15, -0.1) is 0 Å². The van der Waals surface area contributed by atoms with E-state index in [4.69, 9.17) is 0 Å². The molecule has 0 radical (unpaired) electrons. The van der Waals surface area contributed by atoms with Crippen molar-refractivity contribution in [3.63, 3.8) is 0 Å². The van der Waals surface area contributed by atoms with Crippen LogP contribution in [0.4, 0.5) is 5.69 Å². The molecule has 0 spiro atoms. The highest BCUT2D eigenvalue weighted by Crippen LogP contribution is 2.26. The van der Waals surface area contributed by atoms with Gasteiger partial charge in [0.25, 0.3) is 5.69 Å². The lowest BCUT2D eigenvalue weighted by Crippen LogP contribution is -2.01. The molecule has 7 nitrogen and oxygen atoms in total. The second-order valence-electron chi connectivity index (χ2n) is 4.50. The van der Waals surface area contributed by atoms with Gasteiger partial charge in [0.2, 0.25) is 0 Å². The molecule has 0 atom stereocenters. The maximum absolute atomic E-state index is 11.3. The van der Waals surface area contributed by atoms with Gasteiger partial charge in [0.1, 0.15) is 0 Å². The summed E-state index contributed by atoms with van der Waals surface area (Å²) in [6.07, 6.45) is 0. The van der Waals surface area contributed by atoms with Crippen LogP contribution in [0.25, 0.3) is 16.6 Å². The summed E-state index contributed by atoms with van der Waals surface area (Å²) in [5.74, 6) is -1.18. The average molecular weight is 409 g/mol. The lowest BCUT2D eigenvalue weighted by Gasteiger charge is -2.03. The molecule has 110 valence electrons. The molecule has 8 heteroatoms. The molecular weight excluding hydrogens is 401 g/mol. The van der Waals surface area contributed by atoms with Crippen LogP contribution >= 0.6 is 22.6 Å². The van der Waals surface area contributed by atoms with Crippen molar-refractivity contribution < 1.29 is 14.8 Å². The highest BCUT2D eigenvalue weighted by Gasteiger charge is 2.19. The second-order valence-corrected chi connectivity index (χ2v) is 5.75. The number of nitrogens with zero attached hydrogens (tertiary/aromatic N) is 3. The van der Waals surface area contributed by atoms with E-state index in [0.29, 0.717) is 16.6 Å². The van der Waals surface area contributed by atoms with E-state index in [1.165, 1.54) is 22.9 Å². The molecule has 2 aromatic carbocycles. The summed E-state index contributed by atoms with van der Waals surface area (Å²) in [5, 5.41) is 24.6. The van der Waals surface area contributed by atoms with Gasteiger partial charge < -0.3 is 5.11 Å². The smallest absolute Gasteiger partial charge is 0.357 e. The summed E-state index contributed by atoms with van der Waals surface area (Å²) < 4.78 is 2.42. The Labute approximate surface area is 137 Å². The van der Waals surface area contributed by atoms with Gasteiger partial charge >= 0.3 is 5.97 Å². The lowest BCUT2D eigenvalue weighted by atomic mass is 10.2. The Morgan fingerprint density at radius 3 is 2.50 bits per heavy atom. The van der Waals surface area contributed by atoms with Crippen LogP contribution in [0, 0.1) is 13.7 Å². The van der Waals surface area contributed by atoms with Crippen LogP contribution < -0.4 is 0 Å². The van der Waals surface area contributed by atoms with E-state index in [1.54, 1.807) is 12.1 Å². The van der Waals surface area contributed by atoms with E-state index in [9.17, 15) is 20.0 Å². The zero-order valence-electron chi connectivity index (χ0n) is 10.9. The normalized spacial score (nSPS) is 10.8. The van der Waals surface area contributed by atoms with E-state index >= 15 is 0 Å². The van der Waals surface area contributed by atoms with Crippen molar-refractivity contribution in [3.05, 3.63) is 61.8 Å². The number of carbonyl (C=O) groups is 1. The van der Waals surface area contributed by atoms with Crippen molar-refractivity contribution in [2.24, 2.45) is 0 Å². The molecule has 1 heterocycles. The second kappa shape index (κ2) is 5.37. The number of nitro benzene ring substituents is 1. The van der Waals surface area contributed by atoms with E-state index in [1.807, 2.05) is 12.1 Å².